The highest BCUT2D eigenvalue weighted by Gasteiger charge is 2.30. The fourth-order valence-corrected chi connectivity index (χ4v) is 4.72. The minimum absolute atomic E-state index is 0.172. The Balaban J connectivity index is 1.47. The third kappa shape index (κ3) is 6.91. The van der Waals surface area contributed by atoms with Crippen LogP contribution >= 0.6 is 46.4 Å². The minimum atomic E-state index is -1.14. The van der Waals surface area contributed by atoms with Gasteiger partial charge in [-0.25, -0.2) is 4.68 Å². The van der Waals surface area contributed by atoms with E-state index in [0.29, 0.717) is 42.8 Å². The normalized spacial score (nSPS) is 11.3. The fraction of sp³-hybridized carbons (Fsp3) is 0.207. The van der Waals surface area contributed by atoms with Gasteiger partial charge >= 0.3 is 0 Å². The van der Waals surface area contributed by atoms with E-state index in [9.17, 15) is 9.59 Å². The lowest BCUT2D eigenvalue weighted by molar-refractivity contribution is -0.134. The number of ether oxygens (including phenoxy) is 1. The van der Waals surface area contributed by atoms with Crippen LogP contribution in [0.1, 0.15) is 29.9 Å². The van der Waals surface area contributed by atoms with Gasteiger partial charge in [0.2, 0.25) is 0 Å². The van der Waals surface area contributed by atoms with Gasteiger partial charge < -0.3 is 15.4 Å². The molecule has 0 bridgehead atoms. The molecule has 4 aromatic rings. The summed E-state index contributed by atoms with van der Waals surface area (Å²) in [6.45, 7) is 5.48. The standard InChI is InChI=1S/C29H26Cl4N4O3/c1-17-25(27(38)34-14-15-35-28(39)29(2,3)40-22-11-8-20(31)9-12-22)36-37(24-13-10-21(32)16-23(24)33)26(17)18-4-6-19(30)7-5-18/h4-13,16H,14-15H2,1-3H3,(H,34,38)(H,35,39). The van der Waals surface area contributed by atoms with Gasteiger partial charge in [0.15, 0.2) is 11.3 Å². The SMILES string of the molecule is Cc1c(C(=O)NCCNC(=O)C(C)(C)Oc2ccc(Cl)cc2)nn(-c2ccc(Cl)cc2Cl)c1-c1ccc(Cl)cc1. The number of hydrogen-bond acceptors (Lipinski definition) is 4. The summed E-state index contributed by atoms with van der Waals surface area (Å²) in [7, 11) is 0. The summed E-state index contributed by atoms with van der Waals surface area (Å²) in [5.41, 5.74) is 1.77. The molecule has 2 amide bonds. The number of amides is 2. The van der Waals surface area contributed by atoms with Crippen LogP contribution in [0.3, 0.4) is 0 Å². The molecular weight excluding hydrogens is 594 g/mol. The molecule has 4 rings (SSSR count). The Bertz CT molecular complexity index is 1530. The molecule has 40 heavy (non-hydrogen) atoms. The maximum atomic E-state index is 13.2. The lowest BCUT2D eigenvalue weighted by Gasteiger charge is -2.25. The Morgan fingerprint density at radius 3 is 2.05 bits per heavy atom. The second-order valence-electron chi connectivity index (χ2n) is 9.41. The molecule has 0 saturated heterocycles. The molecule has 1 heterocycles. The van der Waals surface area contributed by atoms with Crippen LogP contribution in [0.5, 0.6) is 5.75 Å². The summed E-state index contributed by atoms with van der Waals surface area (Å²) in [4.78, 5) is 25.9. The number of hydrogen-bond donors (Lipinski definition) is 2. The zero-order valence-electron chi connectivity index (χ0n) is 21.9. The fourth-order valence-electron chi connectivity index (χ4n) is 3.98. The molecule has 0 radical (unpaired) electrons. The van der Waals surface area contributed by atoms with Crippen molar-refractivity contribution in [1.82, 2.24) is 20.4 Å². The maximum Gasteiger partial charge on any atom is 0.272 e. The first-order valence-corrected chi connectivity index (χ1v) is 13.8. The Labute approximate surface area is 252 Å². The topological polar surface area (TPSA) is 85.2 Å². The van der Waals surface area contributed by atoms with Crippen molar-refractivity contribution in [1.29, 1.82) is 0 Å². The van der Waals surface area contributed by atoms with Crippen LogP contribution in [0.15, 0.2) is 66.7 Å². The zero-order valence-corrected chi connectivity index (χ0v) is 24.9. The second kappa shape index (κ2) is 12.5. The number of carbonyl (C=O) groups excluding carboxylic acids is 2. The summed E-state index contributed by atoms with van der Waals surface area (Å²) in [5.74, 6) is -0.219. The van der Waals surface area contributed by atoms with Crippen molar-refractivity contribution in [3.63, 3.8) is 0 Å². The van der Waals surface area contributed by atoms with Crippen LogP contribution in [-0.2, 0) is 4.79 Å². The average Bonchev–Trinajstić information content (AvgIpc) is 3.24. The summed E-state index contributed by atoms with van der Waals surface area (Å²) in [6.07, 6.45) is 0. The monoisotopic (exact) mass is 618 g/mol. The van der Waals surface area contributed by atoms with Gasteiger partial charge in [-0.3, -0.25) is 9.59 Å². The molecule has 0 spiro atoms. The third-order valence-corrected chi connectivity index (χ3v) is 7.06. The molecule has 11 heteroatoms. The number of nitrogens with one attached hydrogen (secondary N) is 2. The quantitative estimate of drug-likeness (QED) is 0.195. The first kappa shape index (κ1) is 29.7. The number of nitrogens with zero attached hydrogens (tertiary/aromatic N) is 2. The van der Waals surface area contributed by atoms with Crippen LogP contribution in [0.25, 0.3) is 16.9 Å². The van der Waals surface area contributed by atoms with E-state index in [1.807, 2.05) is 19.1 Å². The smallest absolute Gasteiger partial charge is 0.272 e. The molecule has 0 atom stereocenters. The van der Waals surface area contributed by atoms with Gasteiger partial charge in [0.1, 0.15) is 5.75 Å². The van der Waals surface area contributed by atoms with Crippen molar-refractivity contribution in [2.24, 2.45) is 0 Å². The molecule has 7 nitrogen and oxygen atoms in total. The lowest BCUT2D eigenvalue weighted by Crippen LogP contribution is -2.48. The summed E-state index contributed by atoms with van der Waals surface area (Å²) >= 11 is 24.6. The van der Waals surface area contributed by atoms with Crippen molar-refractivity contribution in [2.75, 3.05) is 13.1 Å². The van der Waals surface area contributed by atoms with Gasteiger partial charge in [-0.05, 0) is 75.4 Å². The largest absolute Gasteiger partial charge is 0.478 e. The van der Waals surface area contributed by atoms with E-state index in [-0.39, 0.29) is 24.7 Å². The van der Waals surface area contributed by atoms with Crippen LogP contribution < -0.4 is 15.4 Å². The van der Waals surface area contributed by atoms with Crippen molar-refractivity contribution in [3.8, 4) is 22.7 Å². The van der Waals surface area contributed by atoms with Gasteiger partial charge in [0.05, 0.1) is 16.4 Å². The number of carbonyl (C=O) groups is 2. The van der Waals surface area contributed by atoms with Gasteiger partial charge in [-0.2, -0.15) is 5.10 Å². The molecule has 1 aromatic heterocycles. The highest BCUT2D eigenvalue weighted by atomic mass is 35.5. The predicted octanol–water partition coefficient (Wildman–Crippen LogP) is 7.16. The molecule has 0 aliphatic carbocycles. The van der Waals surface area contributed by atoms with Gasteiger partial charge in [0.25, 0.3) is 11.8 Å². The first-order chi connectivity index (χ1) is 19.0. The van der Waals surface area contributed by atoms with E-state index in [0.717, 1.165) is 5.56 Å². The molecule has 0 saturated carbocycles. The lowest BCUT2D eigenvalue weighted by atomic mass is 10.1. The molecule has 0 fully saturated rings. The number of benzene rings is 3. The molecular formula is C29H26Cl4N4O3. The van der Waals surface area contributed by atoms with E-state index in [2.05, 4.69) is 15.7 Å². The van der Waals surface area contributed by atoms with Crippen LogP contribution in [-0.4, -0.2) is 40.3 Å². The van der Waals surface area contributed by atoms with Crippen LogP contribution in [0.2, 0.25) is 20.1 Å². The summed E-state index contributed by atoms with van der Waals surface area (Å²) in [5, 5.41) is 12.2. The summed E-state index contributed by atoms with van der Waals surface area (Å²) in [6, 6.07) is 19.0. The van der Waals surface area contributed by atoms with E-state index >= 15 is 0 Å². The van der Waals surface area contributed by atoms with Gasteiger partial charge in [-0.1, -0.05) is 58.5 Å². The summed E-state index contributed by atoms with van der Waals surface area (Å²) < 4.78 is 7.42. The van der Waals surface area contributed by atoms with Gasteiger partial charge in [0, 0.05) is 39.3 Å². The number of halogens is 4. The third-order valence-electron chi connectivity index (χ3n) is 6.02. The van der Waals surface area contributed by atoms with Crippen molar-refractivity contribution < 1.29 is 14.3 Å². The Morgan fingerprint density at radius 1 is 0.850 bits per heavy atom. The zero-order chi connectivity index (χ0) is 29.0. The second-order valence-corrected chi connectivity index (χ2v) is 11.1. The van der Waals surface area contributed by atoms with E-state index < -0.39 is 11.5 Å². The van der Waals surface area contributed by atoms with Gasteiger partial charge in [-0.15, -0.1) is 0 Å². The molecule has 0 aliphatic rings. The molecule has 0 unspecified atom stereocenters. The maximum absolute atomic E-state index is 13.2. The predicted molar refractivity (Wildman–Crippen MR) is 160 cm³/mol. The van der Waals surface area contributed by atoms with E-state index in [1.165, 1.54) is 0 Å². The highest BCUT2D eigenvalue weighted by molar-refractivity contribution is 6.35. The van der Waals surface area contributed by atoms with E-state index in [1.54, 1.807) is 73.1 Å². The molecule has 2 N–H and O–H groups in total. The van der Waals surface area contributed by atoms with Crippen LogP contribution in [0, 0.1) is 6.92 Å². The van der Waals surface area contributed by atoms with Crippen molar-refractivity contribution in [2.45, 2.75) is 26.4 Å². The molecule has 0 aliphatic heterocycles. The van der Waals surface area contributed by atoms with Crippen LogP contribution in [0.4, 0.5) is 0 Å². The Hall–Kier alpha value is -3.23. The minimum Gasteiger partial charge on any atom is -0.478 e. The highest BCUT2D eigenvalue weighted by Crippen LogP contribution is 2.33. The Kier molecular flexibility index (Phi) is 9.31. The van der Waals surface area contributed by atoms with Crippen molar-refractivity contribution >= 4 is 58.2 Å². The first-order valence-electron chi connectivity index (χ1n) is 12.3. The number of aromatic nitrogens is 2. The van der Waals surface area contributed by atoms with Crippen molar-refractivity contribution in [3.05, 3.63) is 98.1 Å². The number of rotatable bonds is 9. The average molecular weight is 620 g/mol. The molecule has 3 aromatic carbocycles. The Morgan fingerprint density at radius 2 is 1.43 bits per heavy atom. The molecule has 208 valence electrons. The van der Waals surface area contributed by atoms with E-state index in [4.69, 9.17) is 51.1 Å².